The molecule has 0 radical (unpaired) electrons. The van der Waals surface area contributed by atoms with Crippen molar-refractivity contribution in [3.63, 3.8) is 0 Å². The van der Waals surface area contributed by atoms with E-state index in [0.29, 0.717) is 19.2 Å². The molecule has 0 bridgehead atoms. The van der Waals surface area contributed by atoms with Gasteiger partial charge in [0.15, 0.2) is 5.96 Å². The summed E-state index contributed by atoms with van der Waals surface area (Å²) in [7, 11) is 1.72. The van der Waals surface area contributed by atoms with Crippen LogP contribution in [0, 0.1) is 0 Å². The molecule has 1 heterocycles. The highest BCUT2D eigenvalue weighted by Gasteiger charge is 2.23. The molecule has 2 aromatic carbocycles. The highest BCUT2D eigenvalue weighted by Crippen LogP contribution is 2.19. The zero-order valence-corrected chi connectivity index (χ0v) is 16.3. The topological polar surface area (TPSA) is 48.9 Å². The Hall–Kier alpha value is -2.53. The Balaban J connectivity index is 1.59. The summed E-state index contributed by atoms with van der Waals surface area (Å²) in [6, 6.07) is 19.4. The number of rotatable bonds is 7. The smallest absolute Gasteiger partial charge is 0.191 e. The molecule has 1 aliphatic heterocycles. The van der Waals surface area contributed by atoms with Crippen molar-refractivity contribution in [2.75, 3.05) is 31.6 Å². The van der Waals surface area contributed by atoms with Gasteiger partial charge in [0.2, 0.25) is 0 Å². The lowest BCUT2D eigenvalue weighted by molar-refractivity contribution is 0.185. The van der Waals surface area contributed by atoms with Crippen LogP contribution in [0.2, 0.25) is 0 Å². The molecule has 0 saturated carbocycles. The maximum atomic E-state index is 5.22. The van der Waals surface area contributed by atoms with Crippen LogP contribution in [0.4, 0.5) is 5.69 Å². The fourth-order valence-corrected chi connectivity index (χ4v) is 3.42. The predicted molar refractivity (Wildman–Crippen MR) is 112 cm³/mol. The van der Waals surface area contributed by atoms with Gasteiger partial charge in [0.05, 0.1) is 13.2 Å². The van der Waals surface area contributed by atoms with E-state index in [1.807, 2.05) is 0 Å². The van der Waals surface area contributed by atoms with Gasteiger partial charge in [-0.15, -0.1) is 0 Å². The quantitative estimate of drug-likeness (QED) is 0.584. The van der Waals surface area contributed by atoms with E-state index in [1.54, 1.807) is 7.11 Å². The highest BCUT2D eigenvalue weighted by molar-refractivity contribution is 5.80. The first-order valence-electron chi connectivity index (χ1n) is 9.70. The summed E-state index contributed by atoms with van der Waals surface area (Å²) in [4.78, 5) is 7.21. The molecule has 1 fully saturated rings. The Bertz CT molecular complexity index is 732. The number of benzene rings is 2. The van der Waals surface area contributed by atoms with Crippen LogP contribution in [0.1, 0.15) is 24.5 Å². The SMILES string of the molecule is CCNC(=NCc1cccc(COC)c1)NC1CCN(c2ccccc2)C1. The Kier molecular flexibility index (Phi) is 7.11. The normalized spacial score (nSPS) is 17.2. The molecule has 1 unspecified atom stereocenters. The Morgan fingerprint density at radius 3 is 2.74 bits per heavy atom. The van der Waals surface area contributed by atoms with Gasteiger partial charge in [-0.25, -0.2) is 4.99 Å². The van der Waals surface area contributed by atoms with E-state index in [-0.39, 0.29) is 0 Å². The molecule has 5 heteroatoms. The zero-order chi connectivity index (χ0) is 18.9. The zero-order valence-electron chi connectivity index (χ0n) is 16.3. The van der Waals surface area contributed by atoms with Gasteiger partial charge in [0.25, 0.3) is 0 Å². The minimum Gasteiger partial charge on any atom is -0.380 e. The van der Waals surface area contributed by atoms with Crippen LogP contribution in [0.15, 0.2) is 59.6 Å². The number of guanidine groups is 1. The maximum absolute atomic E-state index is 5.22. The van der Waals surface area contributed by atoms with Crippen LogP contribution in [0.5, 0.6) is 0 Å². The molecule has 1 atom stereocenters. The first kappa shape index (κ1) is 19.2. The predicted octanol–water partition coefficient (Wildman–Crippen LogP) is 3.17. The average Bonchev–Trinajstić information content (AvgIpc) is 3.16. The highest BCUT2D eigenvalue weighted by atomic mass is 16.5. The molecular weight excluding hydrogens is 336 g/mol. The second-order valence-electron chi connectivity index (χ2n) is 6.86. The number of anilines is 1. The standard InChI is InChI=1S/C22H30N4O/c1-3-23-22(24-15-18-8-7-9-19(14-18)17-27-2)25-20-12-13-26(16-20)21-10-5-4-6-11-21/h4-11,14,20H,3,12-13,15-17H2,1-2H3,(H2,23,24,25). The third-order valence-electron chi connectivity index (χ3n) is 4.72. The number of nitrogens with one attached hydrogen (secondary N) is 2. The molecule has 144 valence electrons. The number of aliphatic imine (C=N–C) groups is 1. The lowest BCUT2D eigenvalue weighted by Crippen LogP contribution is -2.44. The number of methoxy groups -OCH3 is 1. The van der Waals surface area contributed by atoms with E-state index >= 15 is 0 Å². The third-order valence-corrected chi connectivity index (χ3v) is 4.72. The molecule has 2 N–H and O–H groups in total. The number of nitrogens with zero attached hydrogens (tertiary/aromatic N) is 2. The molecule has 0 aliphatic carbocycles. The van der Waals surface area contributed by atoms with Gasteiger partial charge in [-0.2, -0.15) is 0 Å². The van der Waals surface area contributed by atoms with E-state index in [9.17, 15) is 0 Å². The summed E-state index contributed by atoms with van der Waals surface area (Å²) >= 11 is 0. The molecule has 5 nitrogen and oxygen atoms in total. The summed E-state index contributed by atoms with van der Waals surface area (Å²) in [5.41, 5.74) is 3.66. The molecule has 0 amide bonds. The van der Waals surface area contributed by atoms with E-state index in [2.05, 4.69) is 77.1 Å². The van der Waals surface area contributed by atoms with Gasteiger partial charge in [-0.3, -0.25) is 0 Å². The molecule has 2 aromatic rings. The summed E-state index contributed by atoms with van der Waals surface area (Å²) in [5, 5.41) is 6.97. The molecular formula is C22H30N4O. The van der Waals surface area contributed by atoms with Gasteiger partial charge in [0.1, 0.15) is 0 Å². The Morgan fingerprint density at radius 2 is 1.96 bits per heavy atom. The minimum atomic E-state index is 0.405. The summed E-state index contributed by atoms with van der Waals surface area (Å²) in [6.07, 6.45) is 1.11. The van der Waals surface area contributed by atoms with Gasteiger partial charge in [-0.05, 0) is 36.6 Å². The van der Waals surface area contributed by atoms with Crippen LogP contribution < -0.4 is 15.5 Å². The lowest BCUT2D eigenvalue weighted by atomic mass is 10.1. The van der Waals surface area contributed by atoms with Gasteiger partial charge < -0.3 is 20.3 Å². The van der Waals surface area contributed by atoms with Crippen molar-refractivity contribution >= 4 is 11.6 Å². The minimum absolute atomic E-state index is 0.405. The third kappa shape index (κ3) is 5.73. The van der Waals surface area contributed by atoms with Gasteiger partial charge >= 0.3 is 0 Å². The van der Waals surface area contributed by atoms with E-state index in [0.717, 1.165) is 32.0 Å². The van der Waals surface area contributed by atoms with Crippen LogP contribution >= 0.6 is 0 Å². The second kappa shape index (κ2) is 9.97. The first-order chi connectivity index (χ1) is 13.3. The van der Waals surface area contributed by atoms with Crippen molar-refractivity contribution in [2.45, 2.75) is 32.5 Å². The van der Waals surface area contributed by atoms with E-state index in [4.69, 9.17) is 9.73 Å². The first-order valence-corrected chi connectivity index (χ1v) is 9.70. The van der Waals surface area contributed by atoms with E-state index in [1.165, 1.54) is 16.8 Å². The van der Waals surface area contributed by atoms with Gasteiger partial charge in [0, 0.05) is 38.5 Å². The number of hydrogen-bond donors (Lipinski definition) is 2. The Morgan fingerprint density at radius 1 is 1.15 bits per heavy atom. The van der Waals surface area contributed by atoms with Crippen molar-refractivity contribution in [3.05, 3.63) is 65.7 Å². The summed E-state index contributed by atoms with van der Waals surface area (Å²) in [6.45, 7) is 6.30. The van der Waals surface area contributed by atoms with Crippen molar-refractivity contribution in [2.24, 2.45) is 4.99 Å². The van der Waals surface area contributed by atoms with Crippen LogP contribution in [-0.4, -0.2) is 38.7 Å². The fourth-order valence-electron chi connectivity index (χ4n) is 3.42. The molecule has 0 spiro atoms. The maximum Gasteiger partial charge on any atom is 0.191 e. The second-order valence-corrected chi connectivity index (χ2v) is 6.86. The molecule has 0 aromatic heterocycles. The van der Waals surface area contributed by atoms with Crippen LogP contribution in [0.25, 0.3) is 0 Å². The number of ether oxygens (including phenoxy) is 1. The average molecular weight is 367 g/mol. The van der Waals surface area contributed by atoms with Crippen molar-refractivity contribution in [3.8, 4) is 0 Å². The molecule has 1 aliphatic rings. The molecule has 3 rings (SSSR count). The number of para-hydroxylation sites is 1. The summed E-state index contributed by atoms with van der Waals surface area (Å²) in [5.74, 6) is 0.884. The van der Waals surface area contributed by atoms with E-state index < -0.39 is 0 Å². The van der Waals surface area contributed by atoms with Crippen LogP contribution in [-0.2, 0) is 17.9 Å². The summed E-state index contributed by atoms with van der Waals surface area (Å²) < 4.78 is 5.22. The Labute approximate surface area is 162 Å². The van der Waals surface area contributed by atoms with Crippen molar-refractivity contribution in [1.82, 2.24) is 10.6 Å². The van der Waals surface area contributed by atoms with Crippen LogP contribution in [0.3, 0.4) is 0 Å². The van der Waals surface area contributed by atoms with Crippen molar-refractivity contribution < 1.29 is 4.74 Å². The lowest BCUT2D eigenvalue weighted by Gasteiger charge is -2.20. The molecule has 27 heavy (non-hydrogen) atoms. The monoisotopic (exact) mass is 366 g/mol. The van der Waals surface area contributed by atoms with Gasteiger partial charge in [-0.1, -0.05) is 42.5 Å². The number of hydrogen-bond acceptors (Lipinski definition) is 3. The molecule has 1 saturated heterocycles. The largest absolute Gasteiger partial charge is 0.380 e. The van der Waals surface area contributed by atoms with Crippen molar-refractivity contribution in [1.29, 1.82) is 0 Å². The fraction of sp³-hybridized carbons (Fsp3) is 0.409.